The molecule has 1 aliphatic rings. The smallest absolute Gasteiger partial charge is 0.255 e. The summed E-state index contributed by atoms with van der Waals surface area (Å²) in [5, 5.41) is 2.98. The van der Waals surface area contributed by atoms with Gasteiger partial charge < -0.3 is 24.4 Å². The lowest BCUT2D eigenvalue weighted by atomic mass is 10.1. The first-order valence-corrected chi connectivity index (χ1v) is 10.3. The Bertz CT molecular complexity index is 821. The fourth-order valence-electron chi connectivity index (χ4n) is 3.75. The van der Waals surface area contributed by atoms with E-state index in [9.17, 15) is 4.79 Å². The number of methoxy groups -OCH3 is 3. The monoisotopic (exact) mass is 413 g/mol. The first kappa shape index (κ1) is 21.8. The molecule has 0 atom stereocenters. The Morgan fingerprint density at radius 1 is 0.900 bits per heavy atom. The SMILES string of the molecule is COc1ccc(C(=O)NCCCN2CCN(c3ccccc3)CC2)c(OC)c1OC. The summed E-state index contributed by atoms with van der Waals surface area (Å²) in [5.74, 6) is 1.15. The van der Waals surface area contributed by atoms with Crippen molar-refractivity contribution in [1.29, 1.82) is 0 Å². The summed E-state index contributed by atoms with van der Waals surface area (Å²) in [7, 11) is 4.60. The second kappa shape index (κ2) is 10.7. The van der Waals surface area contributed by atoms with Gasteiger partial charge in [0, 0.05) is 38.4 Å². The minimum atomic E-state index is -0.179. The Kier molecular flexibility index (Phi) is 7.79. The Hall–Kier alpha value is -2.93. The molecule has 2 aromatic rings. The Morgan fingerprint density at radius 2 is 1.60 bits per heavy atom. The second-order valence-corrected chi connectivity index (χ2v) is 7.16. The van der Waals surface area contributed by atoms with E-state index in [1.807, 2.05) is 6.07 Å². The van der Waals surface area contributed by atoms with Crippen LogP contribution in [0.5, 0.6) is 17.2 Å². The van der Waals surface area contributed by atoms with E-state index in [2.05, 4.69) is 39.4 Å². The first-order valence-electron chi connectivity index (χ1n) is 10.3. The number of nitrogens with zero attached hydrogens (tertiary/aromatic N) is 2. The number of para-hydroxylation sites is 1. The van der Waals surface area contributed by atoms with Gasteiger partial charge in [-0.1, -0.05) is 18.2 Å². The second-order valence-electron chi connectivity index (χ2n) is 7.16. The average Bonchev–Trinajstić information content (AvgIpc) is 2.81. The fourth-order valence-corrected chi connectivity index (χ4v) is 3.75. The van der Waals surface area contributed by atoms with Gasteiger partial charge in [0.1, 0.15) is 0 Å². The highest BCUT2D eigenvalue weighted by Gasteiger charge is 2.21. The average molecular weight is 414 g/mol. The molecule has 0 unspecified atom stereocenters. The van der Waals surface area contributed by atoms with Crippen LogP contribution in [0.3, 0.4) is 0 Å². The van der Waals surface area contributed by atoms with Crippen LogP contribution < -0.4 is 24.4 Å². The summed E-state index contributed by atoms with van der Waals surface area (Å²) < 4.78 is 16.0. The van der Waals surface area contributed by atoms with E-state index >= 15 is 0 Å². The van der Waals surface area contributed by atoms with Gasteiger partial charge in [-0.05, 0) is 37.2 Å². The van der Waals surface area contributed by atoms with E-state index < -0.39 is 0 Å². The number of hydrogen-bond donors (Lipinski definition) is 1. The van der Waals surface area contributed by atoms with Crippen molar-refractivity contribution < 1.29 is 19.0 Å². The van der Waals surface area contributed by atoms with Gasteiger partial charge in [0.2, 0.25) is 5.75 Å². The lowest BCUT2D eigenvalue weighted by molar-refractivity contribution is 0.0947. The number of piperazine rings is 1. The fraction of sp³-hybridized carbons (Fsp3) is 0.435. The molecule has 1 heterocycles. The van der Waals surface area contributed by atoms with Crippen LogP contribution in [0.25, 0.3) is 0 Å². The van der Waals surface area contributed by atoms with Crippen LogP contribution in [-0.2, 0) is 0 Å². The van der Waals surface area contributed by atoms with E-state index in [4.69, 9.17) is 14.2 Å². The number of nitrogens with one attached hydrogen (secondary N) is 1. The van der Waals surface area contributed by atoms with Crippen molar-refractivity contribution in [3.8, 4) is 17.2 Å². The Balaban J connectivity index is 1.44. The molecule has 0 aliphatic carbocycles. The van der Waals surface area contributed by atoms with Gasteiger partial charge in [-0.25, -0.2) is 0 Å². The van der Waals surface area contributed by atoms with Gasteiger partial charge in [0.25, 0.3) is 5.91 Å². The number of rotatable bonds is 9. The third-order valence-electron chi connectivity index (χ3n) is 5.38. The molecule has 7 nitrogen and oxygen atoms in total. The molecule has 0 radical (unpaired) electrons. The molecule has 1 amide bonds. The first-order chi connectivity index (χ1) is 14.7. The molecular formula is C23H31N3O4. The van der Waals surface area contributed by atoms with Gasteiger partial charge in [-0.3, -0.25) is 9.69 Å². The van der Waals surface area contributed by atoms with Gasteiger partial charge in [-0.2, -0.15) is 0 Å². The topological polar surface area (TPSA) is 63.3 Å². The van der Waals surface area contributed by atoms with Crippen LogP contribution in [0.1, 0.15) is 16.8 Å². The lowest BCUT2D eigenvalue weighted by Gasteiger charge is -2.36. The van der Waals surface area contributed by atoms with E-state index in [1.54, 1.807) is 19.2 Å². The molecular weight excluding hydrogens is 382 g/mol. The third-order valence-corrected chi connectivity index (χ3v) is 5.38. The summed E-state index contributed by atoms with van der Waals surface area (Å²) in [5.41, 5.74) is 1.72. The van der Waals surface area contributed by atoms with Crippen molar-refractivity contribution in [1.82, 2.24) is 10.2 Å². The molecule has 2 aromatic carbocycles. The predicted octanol–water partition coefficient (Wildman–Crippen LogP) is 2.65. The Morgan fingerprint density at radius 3 is 2.23 bits per heavy atom. The minimum Gasteiger partial charge on any atom is -0.493 e. The third kappa shape index (κ3) is 5.16. The molecule has 7 heteroatoms. The van der Waals surface area contributed by atoms with Crippen molar-refractivity contribution in [3.05, 3.63) is 48.0 Å². The standard InChI is InChI=1S/C23H31N3O4/c1-28-20-11-10-19(21(29-2)22(20)30-3)23(27)24-12-7-13-25-14-16-26(17-15-25)18-8-5-4-6-9-18/h4-6,8-11H,7,12-17H2,1-3H3,(H,24,27). The van der Waals surface area contributed by atoms with Crippen molar-refractivity contribution in [2.24, 2.45) is 0 Å². The van der Waals surface area contributed by atoms with Crippen molar-refractivity contribution >= 4 is 11.6 Å². The maximum absolute atomic E-state index is 12.6. The maximum Gasteiger partial charge on any atom is 0.255 e. The zero-order valence-electron chi connectivity index (χ0n) is 18.0. The van der Waals surface area contributed by atoms with Crippen LogP contribution in [0, 0.1) is 0 Å². The summed E-state index contributed by atoms with van der Waals surface area (Å²) in [6.45, 7) is 5.69. The normalized spacial score (nSPS) is 14.3. The van der Waals surface area contributed by atoms with Crippen molar-refractivity contribution in [2.45, 2.75) is 6.42 Å². The zero-order valence-corrected chi connectivity index (χ0v) is 18.0. The van der Waals surface area contributed by atoms with E-state index in [1.165, 1.54) is 19.9 Å². The molecule has 0 spiro atoms. The largest absolute Gasteiger partial charge is 0.493 e. The number of hydrogen-bond acceptors (Lipinski definition) is 6. The summed E-state index contributed by atoms with van der Waals surface area (Å²) in [6, 6.07) is 13.9. The molecule has 1 saturated heterocycles. The van der Waals surface area contributed by atoms with Gasteiger partial charge in [0.15, 0.2) is 11.5 Å². The number of amides is 1. The van der Waals surface area contributed by atoms with E-state index in [0.29, 0.717) is 29.4 Å². The molecule has 1 N–H and O–H groups in total. The number of ether oxygens (including phenoxy) is 3. The van der Waals surface area contributed by atoms with Gasteiger partial charge >= 0.3 is 0 Å². The number of carbonyl (C=O) groups is 1. The van der Waals surface area contributed by atoms with Crippen LogP contribution in [0.4, 0.5) is 5.69 Å². The molecule has 3 rings (SSSR count). The quantitative estimate of drug-likeness (QED) is 0.638. The van der Waals surface area contributed by atoms with Crippen LogP contribution >= 0.6 is 0 Å². The van der Waals surface area contributed by atoms with Crippen LogP contribution in [0.2, 0.25) is 0 Å². The maximum atomic E-state index is 12.6. The summed E-state index contributed by atoms with van der Waals surface area (Å²) in [6.07, 6.45) is 0.896. The van der Waals surface area contributed by atoms with E-state index in [0.717, 1.165) is 39.1 Å². The van der Waals surface area contributed by atoms with Crippen LogP contribution in [-0.4, -0.2) is 71.4 Å². The molecule has 162 valence electrons. The predicted molar refractivity (Wildman–Crippen MR) is 118 cm³/mol. The summed E-state index contributed by atoms with van der Waals surface area (Å²) in [4.78, 5) is 17.5. The van der Waals surface area contributed by atoms with Gasteiger partial charge in [0.05, 0.1) is 26.9 Å². The van der Waals surface area contributed by atoms with E-state index in [-0.39, 0.29) is 5.91 Å². The number of anilines is 1. The van der Waals surface area contributed by atoms with Crippen molar-refractivity contribution in [2.75, 3.05) is 65.5 Å². The Labute approximate surface area is 178 Å². The molecule has 0 saturated carbocycles. The highest BCUT2D eigenvalue weighted by Crippen LogP contribution is 2.39. The lowest BCUT2D eigenvalue weighted by Crippen LogP contribution is -2.47. The van der Waals surface area contributed by atoms with Crippen molar-refractivity contribution in [3.63, 3.8) is 0 Å². The molecule has 30 heavy (non-hydrogen) atoms. The molecule has 1 aliphatic heterocycles. The molecule has 0 bridgehead atoms. The molecule has 1 fully saturated rings. The minimum absolute atomic E-state index is 0.179. The highest BCUT2D eigenvalue weighted by molar-refractivity contribution is 5.98. The highest BCUT2D eigenvalue weighted by atomic mass is 16.5. The van der Waals surface area contributed by atoms with Gasteiger partial charge in [-0.15, -0.1) is 0 Å². The number of carbonyl (C=O) groups excluding carboxylic acids is 1. The zero-order chi connectivity index (χ0) is 21.3. The number of benzene rings is 2. The molecule has 0 aromatic heterocycles. The summed E-state index contributed by atoms with van der Waals surface area (Å²) >= 11 is 0. The van der Waals surface area contributed by atoms with Crippen LogP contribution in [0.15, 0.2) is 42.5 Å².